The van der Waals surface area contributed by atoms with Crippen LogP contribution in [0.2, 0.25) is 0 Å². The zero-order valence-electron chi connectivity index (χ0n) is 15.1. The van der Waals surface area contributed by atoms with Crippen LogP contribution in [0.15, 0.2) is 24.3 Å². The number of carbonyl (C=O) groups excluding carboxylic acids is 2. The SMILES string of the molecule is CCOc1cccc(N(CC(=O)N2CCC(C(N)=O)CC2)S(C)(=O)=O)c1. The van der Waals surface area contributed by atoms with Gasteiger partial charge in [-0.2, -0.15) is 0 Å². The number of likely N-dealkylation sites (tertiary alicyclic amines) is 1. The van der Waals surface area contributed by atoms with Crippen LogP contribution in [0, 0.1) is 5.92 Å². The van der Waals surface area contributed by atoms with E-state index >= 15 is 0 Å². The second-order valence-electron chi connectivity index (χ2n) is 6.26. The summed E-state index contributed by atoms with van der Waals surface area (Å²) in [6, 6.07) is 6.62. The Morgan fingerprint density at radius 1 is 1.31 bits per heavy atom. The number of hydrogen-bond donors (Lipinski definition) is 1. The Labute approximate surface area is 153 Å². The number of nitrogens with two attached hydrogens (primary N) is 1. The summed E-state index contributed by atoms with van der Waals surface area (Å²) in [6.07, 6.45) is 2.06. The van der Waals surface area contributed by atoms with Crippen molar-refractivity contribution >= 4 is 27.5 Å². The van der Waals surface area contributed by atoms with Crippen molar-refractivity contribution in [3.05, 3.63) is 24.3 Å². The first-order valence-electron chi connectivity index (χ1n) is 8.50. The molecule has 1 aliphatic rings. The number of amides is 2. The van der Waals surface area contributed by atoms with Gasteiger partial charge in [0.2, 0.25) is 21.8 Å². The van der Waals surface area contributed by atoms with Crippen LogP contribution in [-0.4, -0.2) is 57.6 Å². The first-order valence-corrected chi connectivity index (χ1v) is 10.3. The Morgan fingerprint density at radius 3 is 2.50 bits per heavy atom. The molecule has 1 aliphatic heterocycles. The molecule has 2 amide bonds. The topological polar surface area (TPSA) is 110 Å². The Hall–Kier alpha value is -2.29. The van der Waals surface area contributed by atoms with Gasteiger partial charge in [-0.25, -0.2) is 8.42 Å². The number of hydrogen-bond acceptors (Lipinski definition) is 5. The summed E-state index contributed by atoms with van der Waals surface area (Å²) in [6.45, 7) is 2.78. The van der Waals surface area contributed by atoms with Gasteiger partial charge in [-0.3, -0.25) is 13.9 Å². The molecule has 0 radical (unpaired) electrons. The number of benzene rings is 1. The lowest BCUT2D eigenvalue weighted by atomic mass is 9.96. The van der Waals surface area contributed by atoms with Crippen molar-refractivity contribution in [2.45, 2.75) is 19.8 Å². The maximum Gasteiger partial charge on any atom is 0.243 e. The smallest absolute Gasteiger partial charge is 0.243 e. The molecule has 0 bridgehead atoms. The highest BCUT2D eigenvalue weighted by Crippen LogP contribution is 2.24. The van der Waals surface area contributed by atoms with Gasteiger partial charge in [-0.1, -0.05) is 6.07 Å². The van der Waals surface area contributed by atoms with E-state index in [2.05, 4.69) is 0 Å². The number of nitrogens with zero attached hydrogens (tertiary/aromatic N) is 2. The van der Waals surface area contributed by atoms with Gasteiger partial charge in [0, 0.05) is 25.1 Å². The predicted molar refractivity (Wildman–Crippen MR) is 98.3 cm³/mol. The largest absolute Gasteiger partial charge is 0.494 e. The highest BCUT2D eigenvalue weighted by atomic mass is 32.2. The molecule has 1 saturated heterocycles. The number of anilines is 1. The Balaban J connectivity index is 2.13. The predicted octanol–water partition coefficient (Wildman–Crippen LogP) is 0.575. The summed E-state index contributed by atoms with van der Waals surface area (Å²) < 4.78 is 30.9. The van der Waals surface area contributed by atoms with Gasteiger partial charge < -0.3 is 15.4 Å². The first kappa shape index (κ1) is 20.0. The van der Waals surface area contributed by atoms with Gasteiger partial charge in [0.05, 0.1) is 18.6 Å². The summed E-state index contributed by atoms with van der Waals surface area (Å²) in [5.41, 5.74) is 5.67. The first-order chi connectivity index (χ1) is 12.2. The molecule has 2 N–H and O–H groups in total. The van der Waals surface area contributed by atoms with Crippen LogP contribution in [0.3, 0.4) is 0 Å². The minimum atomic E-state index is -3.65. The number of sulfonamides is 1. The molecule has 1 heterocycles. The fraction of sp³-hybridized carbons (Fsp3) is 0.529. The van der Waals surface area contributed by atoms with E-state index in [0.717, 1.165) is 10.6 Å². The maximum atomic E-state index is 12.6. The van der Waals surface area contributed by atoms with E-state index in [9.17, 15) is 18.0 Å². The van der Waals surface area contributed by atoms with Crippen molar-refractivity contribution in [1.82, 2.24) is 4.90 Å². The molecule has 144 valence electrons. The van der Waals surface area contributed by atoms with E-state index in [-0.39, 0.29) is 24.3 Å². The number of ether oxygens (including phenoxy) is 1. The lowest BCUT2D eigenvalue weighted by Gasteiger charge is -2.32. The third kappa shape index (κ3) is 5.10. The Bertz CT molecular complexity index is 757. The van der Waals surface area contributed by atoms with Crippen LogP contribution in [0.1, 0.15) is 19.8 Å². The minimum absolute atomic E-state index is 0.229. The van der Waals surface area contributed by atoms with Gasteiger partial charge in [-0.05, 0) is 31.9 Å². The number of rotatable bonds is 7. The fourth-order valence-corrected chi connectivity index (χ4v) is 3.77. The third-order valence-corrected chi connectivity index (χ3v) is 5.49. The normalized spacial score (nSPS) is 15.5. The number of piperidine rings is 1. The Morgan fingerprint density at radius 2 is 1.96 bits per heavy atom. The molecule has 0 spiro atoms. The third-order valence-electron chi connectivity index (χ3n) is 4.35. The summed E-state index contributed by atoms with van der Waals surface area (Å²) in [7, 11) is -3.65. The average Bonchev–Trinajstić information content (AvgIpc) is 2.59. The van der Waals surface area contributed by atoms with Crippen LogP contribution >= 0.6 is 0 Å². The molecule has 0 unspecified atom stereocenters. The lowest BCUT2D eigenvalue weighted by Crippen LogP contribution is -2.47. The van der Waals surface area contributed by atoms with E-state index in [1.165, 1.54) is 0 Å². The lowest BCUT2D eigenvalue weighted by molar-refractivity contribution is -0.133. The second kappa shape index (κ2) is 8.39. The molecule has 0 aromatic heterocycles. The highest BCUT2D eigenvalue weighted by molar-refractivity contribution is 7.92. The van der Waals surface area contributed by atoms with Gasteiger partial charge in [-0.15, -0.1) is 0 Å². The van der Waals surface area contributed by atoms with Crippen LogP contribution in [0.4, 0.5) is 5.69 Å². The zero-order chi connectivity index (χ0) is 19.3. The molecule has 1 aromatic carbocycles. The molecule has 1 aromatic rings. The van der Waals surface area contributed by atoms with Crippen molar-refractivity contribution in [3.8, 4) is 5.75 Å². The second-order valence-corrected chi connectivity index (χ2v) is 8.16. The van der Waals surface area contributed by atoms with E-state index < -0.39 is 10.0 Å². The van der Waals surface area contributed by atoms with Crippen LogP contribution in [-0.2, 0) is 19.6 Å². The monoisotopic (exact) mass is 383 g/mol. The molecule has 0 aliphatic carbocycles. The van der Waals surface area contributed by atoms with Gasteiger partial charge in [0.15, 0.2) is 0 Å². The van der Waals surface area contributed by atoms with Crippen molar-refractivity contribution in [2.24, 2.45) is 11.7 Å². The van der Waals surface area contributed by atoms with Gasteiger partial charge in [0.1, 0.15) is 12.3 Å². The standard InChI is InChI=1S/C17H25N3O5S/c1-3-25-15-6-4-5-14(11-15)20(26(2,23)24)12-16(21)19-9-7-13(8-10-19)17(18)22/h4-6,11,13H,3,7-10,12H2,1-2H3,(H2,18,22). The molecule has 26 heavy (non-hydrogen) atoms. The summed E-state index contributed by atoms with van der Waals surface area (Å²) in [5, 5.41) is 0. The fourth-order valence-electron chi connectivity index (χ4n) is 2.93. The minimum Gasteiger partial charge on any atom is -0.494 e. The van der Waals surface area contributed by atoms with Crippen LogP contribution in [0.5, 0.6) is 5.75 Å². The van der Waals surface area contributed by atoms with E-state index in [1.807, 2.05) is 6.92 Å². The molecule has 0 saturated carbocycles. The quantitative estimate of drug-likeness (QED) is 0.740. The van der Waals surface area contributed by atoms with E-state index in [0.29, 0.717) is 44.0 Å². The van der Waals surface area contributed by atoms with Crippen molar-refractivity contribution in [2.75, 3.05) is 36.8 Å². The van der Waals surface area contributed by atoms with Gasteiger partial charge >= 0.3 is 0 Å². The summed E-state index contributed by atoms with van der Waals surface area (Å²) in [5.74, 6) is -0.357. The van der Waals surface area contributed by atoms with E-state index in [1.54, 1.807) is 29.2 Å². The molecule has 8 nitrogen and oxygen atoms in total. The molecular weight excluding hydrogens is 358 g/mol. The van der Waals surface area contributed by atoms with Crippen molar-refractivity contribution < 1.29 is 22.7 Å². The molecule has 0 atom stereocenters. The number of primary amides is 1. The van der Waals surface area contributed by atoms with Crippen LogP contribution < -0.4 is 14.8 Å². The number of carbonyl (C=O) groups is 2. The molecular formula is C17H25N3O5S. The molecule has 9 heteroatoms. The molecule has 1 fully saturated rings. The van der Waals surface area contributed by atoms with E-state index in [4.69, 9.17) is 10.5 Å². The molecule has 2 rings (SSSR count). The summed E-state index contributed by atoms with van der Waals surface area (Å²) >= 11 is 0. The highest BCUT2D eigenvalue weighted by Gasteiger charge is 2.29. The zero-order valence-corrected chi connectivity index (χ0v) is 15.9. The van der Waals surface area contributed by atoms with Crippen molar-refractivity contribution in [3.63, 3.8) is 0 Å². The summed E-state index contributed by atoms with van der Waals surface area (Å²) in [4.78, 5) is 25.4. The van der Waals surface area contributed by atoms with Crippen molar-refractivity contribution in [1.29, 1.82) is 0 Å². The Kier molecular flexibility index (Phi) is 6.47. The van der Waals surface area contributed by atoms with Gasteiger partial charge in [0.25, 0.3) is 0 Å². The average molecular weight is 383 g/mol. The maximum absolute atomic E-state index is 12.6. The van der Waals surface area contributed by atoms with Crippen LogP contribution in [0.25, 0.3) is 0 Å².